The Morgan fingerprint density at radius 1 is 1.45 bits per heavy atom. The zero-order chi connectivity index (χ0) is 8.53. The summed E-state index contributed by atoms with van der Waals surface area (Å²) >= 11 is 1.74. The first-order valence-corrected chi connectivity index (χ1v) is 5.30. The van der Waals surface area contributed by atoms with Gasteiger partial charge in [-0.25, -0.2) is 0 Å². The third-order valence-corrected chi connectivity index (χ3v) is 2.20. The largest absolute Gasteiger partial charge is 0.390 e. The highest BCUT2D eigenvalue weighted by molar-refractivity contribution is 7.99. The van der Waals surface area contributed by atoms with Gasteiger partial charge in [-0.1, -0.05) is 13.8 Å². The molecule has 3 heteroatoms. The van der Waals surface area contributed by atoms with Crippen LogP contribution in [0.15, 0.2) is 0 Å². The van der Waals surface area contributed by atoms with Crippen molar-refractivity contribution in [2.75, 3.05) is 24.7 Å². The summed E-state index contributed by atoms with van der Waals surface area (Å²) in [6.45, 7) is 5.39. The van der Waals surface area contributed by atoms with Gasteiger partial charge >= 0.3 is 0 Å². The van der Waals surface area contributed by atoms with Gasteiger partial charge in [0.1, 0.15) is 0 Å². The molecule has 0 saturated heterocycles. The first-order chi connectivity index (χ1) is 5.31. The van der Waals surface area contributed by atoms with Crippen LogP contribution >= 0.6 is 11.8 Å². The van der Waals surface area contributed by atoms with Crippen LogP contribution in [-0.4, -0.2) is 35.9 Å². The Bertz CT molecular complexity index is 78.5. The molecule has 0 rings (SSSR count). The summed E-state index contributed by atoms with van der Waals surface area (Å²) in [5.74, 6) is 1.85. The molecule has 0 aliphatic carbocycles. The van der Waals surface area contributed by atoms with Crippen LogP contribution in [0.2, 0.25) is 0 Å². The van der Waals surface area contributed by atoms with Gasteiger partial charge in [0.2, 0.25) is 0 Å². The summed E-state index contributed by atoms with van der Waals surface area (Å²) in [4.78, 5) is 0. The van der Waals surface area contributed by atoms with Gasteiger partial charge < -0.3 is 9.84 Å². The molecule has 0 fully saturated rings. The minimum Gasteiger partial charge on any atom is -0.390 e. The molecule has 0 aromatic heterocycles. The van der Waals surface area contributed by atoms with Crippen molar-refractivity contribution in [2.45, 2.75) is 26.4 Å². The van der Waals surface area contributed by atoms with Crippen molar-refractivity contribution in [3.63, 3.8) is 0 Å². The van der Waals surface area contributed by atoms with E-state index >= 15 is 0 Å². The second-order valence-electron chi connectivity index (χ2n) is 2.39. The molecule has 0 aromatic carbocycles. The molecule has 0 spiro atoms. The van der Waals surface area contributed by atoms with E-state index in [1.807, 2.05) is 0 Å². The number of hydrogen-bond donors (Lipinski definition) is 1. The fourth-order valence-electron chi connectivity index (χ4n) is 0.666. The Labute approximate surface area is 73.3 Å². The van der Waals surface area contributed by atoms with Crippen molar-refractivity contribution >= 4 is 11.8 Å². The summed E-state index contributed by atoms with van der Waals surface area (Å²) in [5, 5.41) is 9.26. The number of rotatable bonds is 7. The van der Waals surface area contributed by atoms with Crippen LogP contribution in [-0.2, 0) is 4.74 Å². The summed E-state index contributed by atoms with van der Waals surface area (Å²) < 4.78 is 5.18. The molecule has 0 saturated carbocycles. The van der Waals surface area contributed by atoms with Crippen LogP contribution in [0.25, 0.3) is 0 Å². The summed E-state index contributed by atoms with van der Waals surface area (Å²) in [6, 6.07) is 0. The highest BCUT2D eigenvalue weighted by atomic mass is 32.2. The van der Waals surface area contributed by atoms with E-state index in [0.29, 0.717) is 6.61 Å². The number of aliphatic hydroxyl groups excluding tert-OH is 1. The molecule has 1 atom stereocenters. The minimum absolute atomic E-state index is 0.286. The number of hydrogen-bond acceptors (Lipinski definition) is 3. The molecule has 0 aliphatic rings. The van der Waals surface area contributed by atoms with Crippen molar-refractivity contribution in [3.8, 4) is 0 Å². The molecule has 0 heterocycles. The Hall–Kier alpha value is 0.270. The third kappa shape index (κ3) is 8.17. The topological polar surface area (TPSA) is 29.5 Å². The van der Waals surface area contributed by atoms with Gasteiger partial charge in [-0.3, -0.25) is 0 Å². The van der Waals surface area contributed by atoms with Crippen molar-refractivity contribution in [3.05, 3.63) is 0 Å². The van der Waals surface area contributed by atoms with Gasteiger partial charge in [0, 0.05) is 12.4 Å². The Kier molecular flexibility index (Phi) is 8.57. The van der Waals surface area contributed by atoms with E-state index in [-0.39, 0.29) is 6.10 Å². The lowest BCUT2D eigenvalue weighted by Gasteiger charge is -2.09. The normalized spacial score (nSPS) is 13.4. The zero-order valence-electron chi connectivity index (χ0n) is 7.38. The molecule has 0 bridgehead atoms. The van der Waals surface area contributed by atoms with E-state index in [1.54, 1.807) is 11.8 Å². The maximum absolute atomic E-state index is 9.26. The smallest absolute Gasteiger partial charge is 0.0863 e. The second kappa shape index (κ2) is 8.37. The number of aliphatic hydroxyl groups is 1. The van der Waals surface area contributed by atoms with Gasteiger partial charge in [0.25, 0.3) is 0 Å². The summed E-state index contributed by atoms with van der Waals surface area (Å²) in [5.41, 5.74) is 0. The Balaban J connectivity index is 3.02. The first-order valence-electron chi connectivity index (χ1n) is 4.14. The molecule has 68 valence electrons. The third-order valence-electron chi connectivity index (χ3n) is 1.17. The van der Waals surface area contributed by atoms with E-state index in [9.17, 15) is 5.11 Å². The molecule has 2 nitrogen and oxygen atoms in total. The van der Waals surface area contributed by atoms with Crippen LogP contribution in [0.3, 0.4) is 0 Å². The Morgan fingerprint density at radius 3 is 2.73 bits per heavy atom. The lowest BCUT2D eigenvalue weighted by atomic mass is 10.4. The van der Waals surface area contributed by atoms with Gasteiger partial charge in [-0.2, -0.15) is 11.8 Å². The molecule has 1 unspecified atom stereocenters. The van der Waals surface area contributed by atoms with Crippen molar-refractivity contribution < 1.29 is 9.84 Å². The molecular weight excluding hydrogens is 160 g/mol. The fraction of sp³-hybridized carbons (Fsp3) is 1.00. The molecule has 0 aliphatic heterocycles. The second-order valence-corrected chi connectivity index (χ2v) is 3.71. The van der Waals surface area contributed by atoms with Gasteiger partial charge in [0.05, 0.1) is 12.7 Å². The lowest BCUT2D eigenvalue weighted by molar-refractivity contribution is 0.0489. The average molecular weight is 178 g/mol. The van der Waals surface area contributed by atoms with Crippen LogP contribution in [0, 0.1) is 0 Å². The highest BCUT2D eigenvalue weighted by Crippen LogP contribution is 2.01. The van der Waals surface area contributed by atoms with Crippen molar-refractivity contribution in [1.82, 2.24) is 0 Å². The quantitative estimate of drug-likeness (QED) is 0.599. The number of ether oxygens (including phenoxy) is 1. The molecule has 1 N–H and O–H groups in total. The highest BCUT2D eigenvalue weighted by Gasteiger charge is 2.02. The van der Waals surface area contributed by atoms with Gasteiger partial charge in [0.15, 0.2) is 0 Å². The summed E-state index contributed by atoms with van der Waals surface area (Å²) in [6.07, 6.45) is 0.736. The first kappa shape index (κ1) is 11.3. The van der Waals surface area contributed by atoms with E-state index < -0.39 is 0 Å². The van der Waals surface area contributed by atoms with E-state index in [1.165, 1.54) is 0 Å². The molecule has 0 aromatic rings. The lowest BCUT2D eigenvalue weighted by Crippen LogP contribution is -2.18. The molecule has 11 heavy (non-hydrogen) atoms. The monoisotopic (exact) mass is 178 g/mol. The predicted octanol–water partition coefficient (Wildman–Crippen LogP) is 1.53. The minimum atomic E-state index is -0.286. The number of thioether (sulfide) groups is 1. The maximum Gasteiger partial charge on any atom is 0.0863 e. The fourth-order valence-corrected chi connectivity index (χ4v) is 1.27. The summed E-state index contributed by atoms with van der Waals surface area (Å²) in [7, 11) is 0. The maximum atomic E-state index is 9.26. The van der Waals surface area contributed by atoms with Crippen molar-refractivity contribution in [2.24, 2.45) is 0 Å². The predicted molar refractivity (Wildman–Crippen MR) is 50.1 cm³/mol. The van der Waals surface area contributed by atoms with E-state index in [0.717, 1.165) is 24.5 Å². The van der Waals surface area contributed by atoms with Crippen molar-refractivity contribution in [1.29, 1.82) is 0 Å². The van der Waals surface area contributed by atoms with Gasteiger partial charge in [-0.05, 0) is 12.2 Å². The standard InChI is InChI=1S/C8H18O2S/c1-3-5-10-6-8(9)7-11-4-2/h8-9H,3-7H2,1-2H3. The molecule has 0 amide bonds. The van der Waals surface area contributed by atoms with E-state index in [4.69, 9.17) is 4.74 Å². The van der Waals surface area contributed by atoms with Crippen LogP contribution < -0.4 is 0 Å². The molecular formula is C8H18O2S. The Morgan fingerprint density at radius 2 is 2.18 bits per heavy atom. The van der Waals surface area contributed by atoms with Gasteiger partial charge in [-0.15, -0.1) is 0 Å². The van der Waals surface area contributed by atoms with E-state index in [2.05, 4.69) is 13.8 Å². The van der Waals surface area contributed by atoms with Crippen LogP contribution in [0.5, 0.6) is 0 Å². The zero-order valence-corrected chi connectivity index (χ0v) is 8.19. The van der Waals surface area contributed by atoms with Crippen LogP contribution in [0.4, 0.5) is 0 Å². The average Bonchev–Trinajstić information content (AvgIpc) is 2.01. The van der Waals surface area contributed by atoms with Crippen LogP contribution in [0.1, 0.15) is 20.3 Å². The molecule has 0 radical (unpaired) electrons. The SMILES string of the molecule is CCCOCC(O)CSCC.